The highest BCUT2D eigenvalue weighted by atomic mass is 35.7. The SMILES string of the molecule is Cn1c(C2CCCCC2)cc(C2CCCCC2)[n+]1C.[O-][Cl+3]([O-])([O-])[O-]. The van der Waals surface area contributed by atoms with Crippen LogP contribution < -0.4 is 23.3 Å². The Balaban J connectivity index is 0.000000368. The Morgan fingerprint density at radius 2 is 1.29 bits per heavy atom. The third-order valence-electron chi connectivity index (χ3n) is 5.54. The molecule has 0 aromatic carbocycles. The highest BCUT2D eigenvalue weighted by molar-refractivity contribution is 5.15. The molecule has 2 fully saturated rings. The highest BCUT2D eigenvalue weighted by Crippen LogP contribution is 2.36. The molecule has 6 nitrogen and oxygen atoms in total. The fourth-order valence-electron chi connectivity index (χ4n) is 4.25. The Morgan fingerprint density at radius 1 is 0.875 bits per heavy atom. The van der Waals surface area contributed by atoms with Crippen molar-refractivity contribution in [3.8, 4) is 0 Å². The maximum Gasteiger partial charge on any atom is 0.210 e. The van der Waals surface area contributed by atoms with Crippen molar-refractivity contribution in [1.82, 2.24) is 4.68 Å². The van der Waals surface area contributed by atoms with Gasteiger partial charge in [0.2, 0.25) is 5.69 Å². The van der Waals surface area contributed by atoms with Gasteiger partial charge in [-0.05, 0) is 25.7 Å². The molecule has 1 heterocycles. The molecule has 0 spiro atoms. The van der Waals surface area contributed by atoms with E-state index in [0.717, 1.165) is 11.8 Å². The van der Waals surface area contributed by atoms with Crippen molar-refractivity contribution < 1.29 is 33.6 Å². The maximum atomic E-state index is 8.49. The van der Waals surface area contributed by atoms with Gasteiger partial charge in [0.15, 0.2) is 7.05 Å². The van der Waals surface area contributed by atoms with Gasteiger partial charge in [-0.2, -0.15) is 4.68 Å². The molecular formula is C17H29ClN2O4. The number of aromatic nitrogens is 2. The Hall–Kier alpha value is -0.660. The van der Waals surface area contributed by atoms with E-state index in [0.29, 0.717) is 0 Å². The summed E-state index contributed by atoms with van der Waals surface area (Å²) in [6.45, 7) is 0. The van der Waals surface area contributed by atoms with E-state index < -0.39 is 10.2 Å². The zero-order valence-corrected chi connectivity index (χ0v) is 15.5. The highest BCUT2D eigenvalue weighted by Gasteiger charge is 2.30. The second-order valence-electron chi connectivity index (χ2n) is 7.09. The number of rotatable bonds is 2. The Kier molecular flexibility index (Phi) is 7.07. The van der Waals surface area contributed by atoms with Crippen LogP contribution in [0.1, 0.15) is 87.4 Å². The van der Waals surface area contributed by atoms with E-state index in [1.54, 1.807) is 11.4 Å². The predicted octanol–water partition coefficient (Wildman–Crippen LogP) is -0.811. The average molecular weight is 361 g/mol. The van der Waals surface area contributed by atoms with Crippen molar-refractivity contribution in [3.05, 3.63) is 17.5 Å². The van der Waals surface area contributed by atoms with Crippen molar-refractivity contribution in [2.75, 3.05) is 0 Å². The van der Waals surface area contributed by atoms with Crippen LogP contribution in [-0.2, 0) is 14.1 Å². The van der Waals surface area contributed by atoms with Crippen LogP contribution in [0.4, 0.5) is 0 Å². The lowest BCUT2D eigenvalue weighted by Gasteiger charge is -2.20. The van der Waals surface area contributed by atoms with Gasteiger partial charge in [-0.1, -0.05) is 38.5 Å². The molecule has 1 aromatic heterocycles. The lowest BCUT2D eigenvalue weighted by atomic mass is 9.84. The lowest BCUT2D eigenvalue weighted by molar-refractivity contribution is -2.00. The number of nitrogens with zero attached hydrogens (tertiary/aromatic N) is 2. The van der Waals surface area contributed by atoms with Crippen molar-refractivity contribution in [1.29, 1.82) is 0 Å². The van der Waals surface area contributed by atoms with Gasteiger partial charge in [-0.25, -0.2) is 18.6 Å². The monoisotopic (exact) mass is 360 g/mol. The Morgan fingerprint density at radius 3 is 1.75 bits per heavy atom. The fourth-order valence-corrected chi connectivity index (χ4v) is 4.25. The summed E-state index contributed by atoms with van der Waals surface area (Å²) in [4.78, 5) is 0. The Bertz CT molecular complexity index is 471. The number of hydrogen-bond acceptors (Lipinski definition) is 4. The van der Waals surface area contributed by atoms with Crippen LogP contribution in [0, 0.1) is 10.2 Å². The normalized spacial score (nSPS) is 20.6. The summed E-state index contributed by atoms with van der Waals surface area (Å²) < 4.78 is 38.8. The minimum atomic E-state index is -4.94. The van der Waals surface area contributed by atoms with Crippen molar-refractivity contribution >= 4 is 0 Å². The largest absolute Gasteiger partial charge is 0.222 e. The molecule has 0 N–H and O–H groups in total. The number of hydrogen-bond donors (Lipinski definition) is 0. The molecule has 0 saturated heterocycles. The van der Waals surface area contributed by atoms with Gasteiger partial charge >= 0.3 is 0 Å². The topological polar surface area (TPSA) is 101 Å². The molecule has 24 heavy (non-hydrogen) atoms. The van der Waals surface area contributed by atoms with Gasteiger partial charge in [0.25, 0.3) is 0 Å². The third-order valence-corrected chi connectivity index (χ3v) is 5.54. The van der Waals surface area contributed by atoms with E-state index in [4.69, 9.17) is 18.6 Å². The summed E-state index contributed by atoms with van der Waals surface area (Å²) in [5.41, 5.74) is 3.20. The van der Waals surface area contributed by atoms with Crippen LogP contribution in [0.3, 0.4) is 0 Å². The quantitative estimate of drug-likeness (QED) is 0.643. The number of halogens is 1. The summed E-state index contributed by atoms with van der Waals surface area (Å²) in [5.74, 6) is 1.64. The maximum absolute atomic E-state index is 8.49. The molecule has 1 aromatic rings. The first-order valence-electron chi connectivity index (χ1n) is 8.95. The van der Waals surface area contributed by atoms with E-state index in [2.05, 4.69) is 29.5 Å². The zero-order chi connectivity index (χ0) is 17.7. The first-order valence-corrected chi connectivity index (χ1v) is 10.2. The van der Waals surface area contributed by atoms with Gasteiger partial charge < -0.3 is 0 Å². The van der Waals surface area contributed by atoms with Crippen LogP contribution in [0.25, 0.3) is 0 Å². The van der Waals surface area contributed by atoms with Crippen LogP contribution in [0.15, 0.2) is 6.07 Å². The molecule has 0 aliphatic heterocycles. The zero-order valence-electron chi connectivity index (χ0n) is 14.7. The van der Waals surface area contributed by atoms with Crippen molar-refractivity contribution in [2.45, 2.75) is 76.0 Å². The van der Waals surface area contributed by atoms with Gasteiger partial charge in [0.1, 0.15) is 0 Å². The lowest BCUT2D eigenvalue weighted by Crippen LogP contribution is -2.68. The molecule has 0 amide bonds. The predicted molar refractivity (Wildman–Crippen MR) is 78.2 cm³/mol. The minimum absolute atomic E-state index is 0.822. The minimum Gasteiger partial charge on any atom is -0.222 e. The van der Waals surface area contributed by atoms with Gasteiger partial charge in [-0.3, -0.25) is 0 Å². The second kappa shape index (κ2) is 8.63. The van der Waals surface area contributed by atoms with Crippen LogP contribution in [-0.4, -0.2) is 4.68 Å². The smallest absolute Gasteiger partial charge is 0.210 e. The molecule has 2 aliphatic carbocycles. The molecular weight excluding hydrogens is 332 g/mol. The average Bonchev–Trinajstić information content (AvgIpc) is 2.84. The van der Waals surface area contributed by atoms with Crippen molar-refractivity contribution in [3.63, 3.8) is 0 Å². The van der Waals surface area contributed by atoms with E-state index in [1.165, 1.54) is 64.2 Å². The fraction of sp³-hybridized carbons (Fsp3) is 0.824. The van der Waals surface area contributed by atoms with Crippen LogP contribution in [0.5, 0.6) is 0 Å². The van der Waals surface area contributed by atoms with Crippen molar-refractivity contribution in [2.24, 2.45) is 14.1 Å². The second-order valence-corrected chi connectivity index (χ2v) is 7.85. The summed E-state index contributed by atoms with van der Waals surface area (Å²) in [7, 11) is -0.424. The third kappa shape index (κ3) is 5.70. The molecule has 2 saturated carbocycles. The van der Waals surface area contributed by atoms with Gasteiger partial charge in [-0.15, -0.1) is 14.9 Å². The molecule has 0 atom stereocenters. The summed E-state index contributed by atoms with van der Waals surface area (Å²) in [6, 6.07) is 2.55. The standard InChI is InChI=1S/C17H29N2.ClHO4/c1-18-16(14-9-5-3-6-10-14)13-17(19(18)2)15-11-7-4-8-12-15;2-1(3,4)5/h13-15H,3-12H2,1-2H3;(H,2,3,4,5)/q+1;/p-1. The molecule has 2 aliphatic rings. The first kappa shape index (κ1) is 19.7. The molecule has 138 valence electrons. The van der Waals surface area contributed by atoms with E-state index in [-0.39, 0.29) is 0 Å². The molecule has 7 heteroatoms. The summed E-state index contributed by atoms with van der Waals surface area (Å²) in [5, 5.41) is 0. The molecule has 0 unspecified atom stereocenters. The van der Waals surface area contributed by atoms with Gasteiger partial charge in [0, 0.05) is 17.9 Å². The van der Waals surface area contributed by atoms with E-state index in [1.807, 2.05) is 0 Å². The summed E-state index contributed by atoms with van der Waals surface area (Å²) in [6.07, 6.45) is 14.2. The summed E-state index contributed by atoms with van der Waals surface area (Å²) >= 11 is 0. The van der Waals surface area contributed by atoms with Gasteiger partial charge in [0.05, 0.1) is 12.7 Å². The molecule has 0 radical (unpaired) electrons. The molecule has 3 rings (SSSR count). The van der Waals surface area contributed by atoms with Crippen LogP contribution in [0.2, 0.25) is 0 Å². The van der Waals surface area contributed by atoms with Crippen LogP contribution >= 0.6 is 0 Å². The Labute approximate surface area is 146 Å². The molecule has 0 bridgehead atoms. The first-order chi connectivity index (χ1) is 11.3. The van der Waals surface area contributed by atoms with E-state index in [9.17, 15) is 0 Å². The van der Waals surface area contributed by atoms with E-state index >= 15 is 0 Å².